The highest BCUT2D eigenvalue weighted by atomic mass is 35.5. The predicted octanol–water partition coefficient (Wildman–Crippen LogP) is 3.52. The first kappa shape index (κ1) is 11.2. The lowest BCUT2D eigenvalue weighted by atomic mass is 10.3. The first-order valence-corrected chi connectivity index (χ1v) is 5.80. The molecule has 3 rings (SSSR count). The largest absolute Gasteiger partial charge is 0.278 e. The third-order valence-electron chi connectivity index (χ3n) is 2.73. The number of imidazole rings is 1. The smallest absolute Gasteiger partial charge is 0.175 e. The van der Waals surface area contributed by atoms with Crippen molar-refractivity contribution in [2.45, 2.75) is 6.92 Å². The number of para-hydroxylation sites is 2. The number of aromatic nitrogens is 3. The molecule has 3 aromatic rings. The maximum Gasteiger partial charge on any atom is 0.175 e. The van der Waals surface area contributed by atoms with Crippen molar-refractivity contribution in [1.82, 2.24) is 14.5 Å². The van der Waals surface area contributed by atoms with Crippen molar-refractivity contribution in [2.24, 2.45) is 0 Å². The molecular weight excluding hydrogens is 253 g/mol. The molecular formula is C13H9ClFN3. The fraction of sp³-hybridized carbons (Fsp3) is 0.0769. The topological polar surface area (TPSA) is 30.7 Å². The van der Waals surface area contributed by atoms with Gasteiger partial charge in [0.15, 0.2) is 11.6 Å². The Morgan fingerprint density at radius 1 is 1.28 bits per heavy atom. The van der Waals surface area contributed by atoms with Gasteiger partial charge in [0.2, 0.25) is 0 Å². The van der Waals surface area contributed by atoms with Crippen molar-refractivity contribution < 1.29 is 4.39 Å². The van der Waals surface area contributed by atoms with E-state index in [0.717, 1.165) is 11.0 Å². The van der Waals surface area contributed by atoms with Crippen molar-refractivity contribution >= 4 is 22.6 Å². The molecule has 0 unspecified atom stereocenters. The van der Waals surface area contributed by atoms with Crippen LogP contribution in [0.25, 0.3) is 16.9 Å². The van der Waals surface area contributed by atoms with Crippen LogP contribution in [-0.2, 0) is 0 Å². The van der Waals surface area contributed by atoms with E-state index in [1.54, 1.807) is 4.57 Å². The lowest BCUT2D eigenvalue weighted by Gasteiger charge is -2.06. The quantitative estimate of drug-likeness (QED) is 0.671. The number of hydrogen-bond acceptors (Lipinski definition) is 2. The van der Waals surface area contributed by atoms with E-state index < -0.39 is 5.82 Å². The summed E-state index contributed by atoms with van der Waals surface area (Å²) in [5.74, 6) is 0.435. The summed E-state index contributed by atoms with van der Waals surface area (Å²) in [6.07, 6.45) is 1.42. The van der Waals surface area contributed by atoms with Gasteiger partial charge in [0, 0.05) is 6.20 Å². The monoisotopic (exact) mass is 261 g/mol. The van der Waals surface area contributed by atoms with E-state index in [4.69, 9.17) is 11.6 Å². The molecule has 5 heteroatoms. The summed E-state index contributed by atoms with van der Waals surface area (Å²) in [5.41, 5.74) is 1.63. The van der Waals surface area contributed by atoms with Gasteiger partial charge in [0.05, 0.1) is 16.1 Å². The highest BCUT2D eigenvalue weighted by Crippen LogP contribution is 2.22. The van der Waals surface area contributed by atoms with Crippen LogP contribution in [0.4, 0.5) is 4.39 Å². The van der Waals surface area contributed by atoms with Gasteiger partial charge in [-0.2, -0.15) is 0 Å². The zero-order valence-electron chi connectivity index (χ0n) is 9.56. The number of pyridine rings is 1. The van der Waals surface area contributed by atoms with Crippen LogP contribution in [0.3, 0.4) is 0 Å². The van der Waals surface area contributed by atoms with Crippen LogP contribution in [0.2, 0.25) is 5.02 Å². The Morgan fingerprint density at radius 3 is 2.83 bits per heavy atom. The summed E-state index contributed by atoms with van der Waals surface area (Å²) in [6, 6.07) is 8.79. The van der Waals surface area contributed by atoms with Crippen molar-refractivity contribution in [3.05, 3.63) is 53.2 Å². The summed E-state index contributed by atoms with van der Waals surface area (Å²) >= 11 is 5.71. The van der Waals surface area contributed by atoms with E-state index in [1.807, 2.05) is 31.2 Å². The highest BCUT2D eigenvalue weighted by Gasteiger charge is 2.13. The maximum atomic E-state index is 13.9. The molecule has 0 saturated carbocycles. The second-order valence-corrected chi connectivity index (χ2v) is 4.38. The van der Waals surface area contributed by atoms with Gasteiger partial charge < -0.3 is 0 Å². The van der Waals surface area contributed by atoms with Crippen molar-refractivity contribution in [3.63, 3.8) is 0 Å². The second-order valence-electron chi connectivity index (χ2n) is 3.94. The Balaban J connectivity index is 2.34. The van der Waals surface area contributed by atoms with E-state index in [2.05, 4.69) is 9.97 Å². The van der Waals surface area contributed by atoms with Crippen molar-refractivity contribution in [3.8, 4) is 5.82 Å². The number of benzene rings is 1. The number of aryl methyl sites for hydroxylation is 1. The van der Waals surface area contributed by atoms with Gasteiger partial charge in [-0.05, 0) is 25.1 Å². The third-order valence-corrected chi connectivity index (χ3v) is 2.94. The minimum Gasteiger partial charge on any atom is -0.278 e. The van der Waals surface area contributed by atoms with Crippen molar-refractivity contribution in [1.29, 1.82) is 0 Å². The second kappa shape index (κ2) is 4.07. The predicted molar refractivity (Wildman–Crippen MR) is 68.6 cm³/mol. The molecule has 0 atom stereocenters. The number of fused-ring (bicyclic) bond motifs is 1. The molecule has 3 nitrogen and oxygen atoms in total. The molecule has 2 aromatic heterocycles. The van der Waals surface area contributed by atoms with Crippen LogP contribution >= 0.6 is 11.6 Å². The molecule has 0 spiro atoms. The van der Waals surface area contributed by atoms with Crippen LogP contribution in [0.5, 0.6) is 0 Å². The highest BCUT2D eigenvalue weighted by molar-refractivity contribution is 6.30. The van der Waals surface area contributed by atoms with Gasteiger partial charge in [-0.25, -0.2) is 14.4 Å². The van der Waals surface area contributed by atoms with Gasteiger partial charge in [0.1, 0.15) is 5.82 Å². The summed E-state index contributed by atoms with van der Waals surface area (Å²) < 4.78 is 15.6. The first-order valence-electron chi connectivity index (χ1n) is 5.42. The zero-order valence-corrected chi connectivity index (χ0v) is 10.3. The number of nitrogens with zero attached hydrogens (tertiary/aromatic N) is 3. The van der Waals surface area contributed by atoms with Gasteiger partial charge >= 0.3 is 0 Å². The summed E-state index contributed by atoms with van der Waals surface area (Å²) in [6.45, 7) is 1.82. The number of halogens is 2. The van der Waals surface area contributed by atoms with Crippen molar-refractivity contribution in [2.75, 3.05) is 0 Å². The summed E-state index contributed by atoms with van der Waals surface area (Å²) in [4.78, 5) is 8.42. The minimum absolute atomic E-state index is 0.214. The Labute approximate surface area is 108 Å². The van der Waals surface area contributed by atoms with E-state index in [-0.39, 0.29) is 10.8 Å². The first-order chi connectivity index (χ1) is 8.66. The van der Waals surface area contributed by atoms with Gasteiger partial charge in [0.25, 0.3) is 0 Å². The molecule has 90 valence electrons. The lowest BCUT2D eigenvalue weighted by molar-refractivity contribution is 0.609. The van der Waals surface area contributed by atoms with Crippen LogP contribution in [-0.4, -0.2) is 14.5 Å². The maximum absolute atomic E-state index is 13.9. The van der Waals surface area contributed by atoms with E-state index in [9.17, 15) is 4.39 Å². The molecule has 0 saturated heterocycles. The fourth-order valence-electron chi connectivity index (χ4n) is 1.99. The Morgan fingerprint density at radius 2 is 2.06 bits per heavy atom. The van der Waals surface area contributed by atoms with Gasteiger partial charge in [-0.1, -0.05) is 23.7 Å². The number of hydrogen-bond donors (Lipinski definition) is 0. The standard InChI is InChI=1S/C13H9ClFN3/c1-8-17-11-4-2-3-5-12(11)18(8)13-10(15)6-9(14)7-16-13/h2-7H,1H3. The molecule has 2 heterocycles. The minimum atomic E-state index is -0.464. The van der Waals surface area contributed by atoms with E-state index in [1.165, 1.54) is 12.3 Å². The Bertz CT molecular complexity index is 736. The van der Waals surface area contributed by atoms with E-state index >= 15 is 0 Å². The molecule has 0 amide bonds. The third kappa shape index (κ3) is 1.66. The van der Waals surface area contributed by atoms with Crippen LogP contribution in [0.1, 0.15) is 5.82 Å². The number of rotatable bonds is 1. The molecule has 1 aromatic carbocycles. The lowest BCUT2D eigenvalue weighted by Crippen LogP contribution is -2.02. The van der Waals surface area contributed by atoms with Crippen LogP contribution in [0, 0.1) is 12.7 Å². The Kier molecular flexibility index (Phi) is 2.52. The summed E-state index contributed by atoms with van der Waals surface area (Å²) in [5, 5.41) is 0.276. The molecule has 0 aliphatic rings. The summed E-state index contributed by atoms with van der Waals surface area (Å²) in [7, 11) is 0. The molecule has 18 heavy (non-hydrogen) atoms. The molecule has 0 bridgehead atoms. The van der Waals surface area contributed by atoms with Gasteiger partial charge in [-0.15, -0.1) is 0 Å². The molecule has 0 radical (unpaired) electrons. The average Bonchev–Trinajstić information content (AvgIpc) is 2.66. The van der Waals surface area contributed by atoms with E-state index in [0.29, 0.717) is 5.82 Å². The molecule has 0 fully saturated rings. The SMILES string of the molecule is Cc1nc2ccccc2n1-c1ncc(Cl)cc1F. The van der Waals surface area contributed by atoms with Crippen LogP contribution < -0.4 is 0 Å². The normalized spacial score (nSPS) is 11.1. The fourth-order valence-corrected chi connectivity index (χ4v) is 2.13. The molecule has 0 N–H and O–H groups in total. The Hall–Kier alpha value is -1.94. The zero-order chi connectivity index (χ0) is 12.7. The van der Waals surface area contributed by atoms with Crippen LogP contribution in [0.15, 0.2) is 36.5 Å². The molecule has 0 aliphatic carbocycles. The average molecular weight is 262 g/mol. The van der Waals surface area contributed by atoms with Gasteiger partial charge in [-0.3, -0.25) is 4.57 Å². The molecule has 0 aliphatic heterocycles.